The molecule has 0 bridgehead atoms. The Morgan fingerprint density at radius 3 is 2.37 bits per heavy atom. The minimum Gasteiger partial charge on any atom is -0.329 e. The van der Waals surface area contributed by atoms with Gasteiger partial charge in [0, 0.05) is 23.9 Å². The number of nitrogens with two attached hydrogens (primary N) is 1. The van der Waals surface area contributed by atoms with E-state index in [-0.39, 0.29) is 5.54 Å². The SMILES string of the molecule is CCCC1CCC(CN)(N(C)C(CC)CSC)CC1. The third kappa shape index (κ3) is 4.37. The van der Waals surface area contributed by atoms with Gasteiger partial charge in [0.25, 0.3) is 0 Å². The quantitative estimate of drug-likeness (QED) is 0.737. The minimum absolute atomic E-state index is 0.278. The van der Waals surface area contributed by atoms with Gasteiger partial charge in [-0.1, -0.05) is 26.7 Å². The molecule has 1 unspecified atom stereocenters. The van der Waals surface area contributed by atoms with Crippen LogP contribution in [-0.2, 0) is 0 Å². The van der Waals surface area contributed by atoms with E-state index in [2.05, 4.69) is 32.1 Å². The summed E-state index contributed by atoms with van der Waals surface area (Å²) in [5, 5.41) is 0. The van der Waals surface area contributed by atoms with E-state index < -0.39 is 0 Å². The van der Waals surface area contributed by atoms with E-state index in [1.807, 2.05) is 11.8 Å². The highest BCUT2D eigenvalue weighted by Gasteiger charge is 2.39. The average molecular weight is 287 g/mol. The van der Waals surface area contributed by atoms with Crippen LogP contribution in [0.2, 0.25) is 0 Å². The molecule has 2 N–H and O–H groups in total. The Balaban J connectivity index is 2.65. The van der Waals surface area contributed by atoms with Crippen LogP contribution in [0.5, 0.6) is 0 Å². The smallest absolute Gasteiger partial charge is 0.0332 e. The molecule has 1 aliphatic carbocycles. The lowest BCUT2D eigenvalue weighted by molar-refractivity contribution is 0.0346. The summed E-state index contributed by atoms with van der Waals surface area (Å²) in [5.74, 6) is 2.19. The average Bonchev–Trinajstić information content (AvgIpc) is 2.45. The molecule has 0 spiro atoms. The molecular formula is C16H34N2S. The van der Waals surface area contributed by atoms with Crippen LogP contribution in [-0.4, -0.2) is 42.1 Å². The highest BCUT2D eigenvalue weighted by Crippen LogP contribution is 2.38. The second-order valence-electron chi connectivity index (χ2n) is 6.29. The van der Waals surface area contributed by atoms with Crippen molar-refractivity contribution in [3.8, 4) is 0 Å². The fourth-order valence-electron chi connectivity index (χ4n) is 3.70. The molecule has 0 aliphatic heterocycles. The van der Waals surface area contributed by atoms with Crippen LogP contribution in [0.1, 0.15) is 58.8 Å². The van der Waals surface area contributed by atoms with Crippen molar-refractivity contribution in [2.24, 2.45) is 11.7 Å². The highest BCUT2D eigenvalue weighted by molar-refractivity contribution is 7.98. The number of likely N-dealkylation sites (N-methyl/N-ethyl adjacent to an activating group) is 1. The fourth-order valence-corrected chi connectivity index (χ4v) is 4.54. The van der Waals surface area contributed by atoms with E-state index in [1.165, 1.54) is 50.7 Å². The van der Waals surface area contributed by atoms with Gasteiger partial charge in [-0.3, -0.25) is 4.90 Å². The molecule has 1 fully saturated rings. The summed E-state index contributed by atoms with van der Waals surface area (Å²) >= 11 is 1.96. The molecular weight excluding hydrogens is 252 g/mol. The third-order valence-corrected chi connectivity index (χ3v) is 5.96. The zero-order valence-electron chi connectivity index (χ0n) is 13.5. The number of nitrogens with zero attached hydrogens (tertiary/aromatic N) is 1. The van der Waals surface area contributed by atoms with Crippen LogP contribution in [0.15, 0.2) is 0 Å². The Hall–Kier alpha value is 0.270. The molecule has 0 aromatic carbocycles. The van der Waals surface area contributed by atoms with Gasteiger partial charge in [-0.05, 0) is 51.3 Å². The van der Waals surface area contributed by atoms with E-state index >= 15 is 0 Å². The molecule has 114 valence electrons. The Labute approximate surface area is 124 Å². The van der Waals surface area contributed by atoms with Crippen molar-refractivity contribution in [2.75, 3.05) is 25.6 Å². The summed E-state index contributed by atoms with van der Waals surface area (Å²) in [6.07, 6.45) is 11.6. The molecule has 3 heteroatoms. The predicted molar refractivity (Wildman–Crippen MR) is 88.9 cm³/mol. The zero-order chi connectivity index (χ0) is 14.3. The summed E-state index contributed by atoms with van der Waals surface area (Å²) in [6.45, 7) is 5.44. The van der Waals surface area contributed by atoms with Crippen molar-refractivity contribution in [3.05, 3.63) is 0 Å². The minimum atomic E-state index is 0.278. The van der Waals surface area contributed by atoms with Gasteiger partial charge in [0.05, 0.1) is 0 Å². The molecule has 0 saturated heterocycles. The Morgan fingerprint density at radius 2 is 1.95 bits per heavy atom. The van der Waals surface area contributed by atoms with E-state index in [4.69, 9.17) is 5.73 Å². The van der Waals surface area contributed by atoms with Crippen molar-refractivity contribution in [1.29, 1.82) is 0 Å². The lowest BCUT2D eigenvalue weighted by Crippen LogP contribution is -2.58. The van der Waals surface area contributed by atoms with E-state index in [9.17, 15) is 0 Å². The number of thioether (sulfide) groups is 1. The molecule has 19 heavy (non-hydrogen) atoms. The first-order valence-electron chi connectivity index (χ1n) is 8.05. The van der Waals surface area contributed by atoms with Gasteiger partial charge in [-0.15, -0.1) is 0 Å². The van der Waals surface area contributed by atoms with Gasteiger partial charge in [0.2, 0.25) is 0 Å². The molecule has 1 aliphatic rings. The van der Waals surface area contributed by atoms with Gasteiger partial charge < -0.3 is 5.73 Å². The van der Waals surface area contributed by atoms with Crippen LogP contribution in [0.3, 0.4) is 0 Å². The Bertz CT molecular complexity index is 237. The first-order chi connectivity index (χ1) is 9.13. The van der Waals surface area contributed by atoms with Crippen molar-refractivity contribution >= 4 is 11.8 Å². The molecule has 1 atom stereocenters. The maximum Gasteiger partial charge on any atom is 0.0332 e. The second kappa shape index (κ2) is 8.53. The molecule has 0 amide bonds. The van der Waals surface area contributed by atoms with Crippen LogP contribution in [0.4, 0.5) is 0 Å². The van der Waals surface area contributed by atoms with Crippen LogP contribution in [0.25, 0.3) is 0 Å². The zero-order valence-corrected chi connectivity index (χ0v) is 14.3. The topological polar surface area (TPSA) is 29.3 Å². The van der Waals surface area contributed by atoms with E-state index in [1.54, 1.807) is 0 Å². The summed E-state index contributed by atoms with van der Waals surface area (Å²) in [5.41, 5.74) is 6.48. The maximum atomic E-state index is 6.20. The molecule has 1 saturated carbocycles. The van der Waals surface area contributed by atoms with Gasteiger partial charge in [0.1, 0.15) is 0 Å². The van der Waals surface area contributed by atoms with Gasteiger partial charge in [0.15, 0.2) is 0 Å². The molecule has 0 aromatic rings. The third-order valence-electron chi connectivity index (χ3n) is 5.24. The molecule has 2 nitrogen and oxygen atoms in total. The monoisotopic (exact) mass is 286 g/mol. The molecule has 0 heterocycles. The second-order valence-corrected chi connectivity index (χ2v) is 7.20. The van der Waals surface area contributed by atoms with Crippen molar-refractivity contribution < 1.29 is 0 Å². The number of hydrogen-bond donors (Lipinski definition) is 1. The Kier molecular flexibility index (Phi) is 7.78. The molecule has 1 rings (SSSR count). The summed E-state index contributed by atoms with van der Waals surface area (Å²) < 4.78 is 0. The first-order valence-corrected chi connectivity index (χ1v) is 9.44. The maximum absolute atomic E-state index is 6.20. The van der Waals surface area contributed by atoms with Gasteiger partial charge in [-0.25, -0.2) is 0 Å². The number of hydrogen-bond acceptors (Lipinski definition) is 3. The number of rotatable bonds is 8. The standard InChI is InChI=1S/C16H34N2S/c1-5-7-14-8-10-16(13-17,11-9-14)18(3)15(6-2)12-19-4/h14-15H,5-13,17H2,1-4H3. The normalized spacial score (nSPS) is 29.7. The van der Waals surface area contributed by atoms with E-state index in [0.29, 0.717) is 6.04 Å². The first kappa shape index (κ1) is 17.3. The van der Waals surface area contributed by atoms with Crippen LogP contribution in [0, 0.1) is 5.92 Å². The fraction of sp³-hybridized carbons (Fsp3) is 1.00. The van der Waals surface area contributed by atoms with Crippen LogP contribution >= 0.6 is 11.8 Å². The summed E-state index contributed by atoms with van der Waals surface area (Å²) in [7, 11) is 2.32. The van der Waals surface area contributed by atoms with Crippen molar-refractivity contribution in [2.45, 2.75) is 70.4 Å². The highest BCUT2D eigenvalue weighted by atomic mass is 32.2. The van der Waals surface area contributed by atoms with Gasteiger partial charge in [-0.2, -0.15) is 11.8 Å². The molecule has 0 aromatic heterocycles. The lowest BCUT2D eigenvalue weighted by atomic mass is 9.74. The largest absolute Gasteiger partial charge is 0.329 e. The van der Waals surface area contributed by atoms with Crippen molar-refractivity contribution in [1.82, 2.24) is 4.90 Å². The van der Waals surface area contributed by atoms with E-state index in [0.717, 1.165) is 12.5 Å². The lowest BCUT2D eigenvalue weighted by Gasteiger charge is -2.49. The summed E-state index contributed by atoms with van der Waals surface area (Å²) in [6, 6.07) is 0.682. The molecule has 0 radical (unpaired) electrons. The van der Waals surface area contributed by atoms with Crippen LogP contribution < -0.4 is 5.73 Å². The van der Waals surface area contributed by atoms with Gasteiger partial charge >= 0.3 is 0 Å². The van der Waals surface area contributed by atoms with Crippen molar-refractivity contribution in [3.63, 3.8) is 0 Å². The Morgan fingerprint density at radius 1 is 1.32 bits per heavy atom. The summed E-state index contributed by atoms with van der Waals surface area (Å²) in [4.78, 5) is 2.63. The predicted octanol–water partition coefficient (Wildman–Crippen LogP) is 3.75.